The minimum absolute atomic E-state index is 0.135. The monoisotopic (exact) mass is 489 g/mol. The number of carbonyl (C=O) groups excluding carboxylic acids is 1. The lowest BCUT2D eigenvalue weighted by atomic mass is 9.97. The van der Waals surface area contributed by atoms with Crippen LogP contribution in [0.15, 0.2) is 28.5 Å². The number of hydrogen-bond donors (Lipinski definition) is 1. The second-order valence-electron chi connectivity index (χ2n) is 6.81. The van der Waals surface area contributed by atoms with Crippen LogP contribution in [0.25, 0.3) is 10.2 Å². The summed E-state index contributed by atoms with van der Waals surface area (Å²) in [5.41, 5.74) is 1.78. The Morgan fingerprint density at radius 1 is 1.21 bits per heavy atom. The van der Waals surface area contributed by atoms with Crippen molar-refractivity contribution in [3.8, 4) is 0 Å². The third kappa shape index (κ3) is 4.30. The van der Waals surface area contributed by atoms with Crippen molar-refractivity contribution in [3.63, 3.8) is 0 Å². The average molecular weight is 490 g/mol. The summed E-state index contributed by atoms with van der Waals surface area (Å²) >= 11 is 14.4. The number of nitrogens with zero attached hydrogens (tertiary/aromatic N) is 2. The maximum atomic E-state index is 12.7. The molecule has 0 atom stereocenters. The highest BCUT2D eigenvalue weighted by molar-refractivity contribution is 7.91. The SMILES string of the molecule is Cc1cc(Cl)cc2sc(NC(=O)C3CCN(S(=O)(=O)c4ccc(Cl)s4)CC3)nc12. The lowest BCUT2D eigenvalue weighted by Crippen LogP contribution is -2.41. The number of thiazole rings is 1. The molecule has 1 amide bonds. The molecule has 0 saturated carbocycles. The number of rotatable bonds is 4. The van der Waals surface area contributed by atoms with Crippen LogP contribution in [-0.2, 0) is 14.8 Å². The minimum atomic E-state index is -3.56. The Hall–Kier alpha value is -1.23. The summed E-state index contributed by atoms with van der Waals surface area (Å²) in [5, 5.41) is 4.04. The van der Waals surface area contributed by atoms with Crippen molar-refractivity contribution in [2.24, 2.45) is 5.92 Å². The van der Waals surface area contributed by atoms with Crippen molar-refractivity contribution in [3.05, 3.63) is 39.2 Å². The van der Waals surface area contributed by atoms with Crippen LogP contribution >= 0.6 is 45.9 Å². The number of thiophene rings is 1. The Bertz CT molecular complexity index is 1180. The number of piperidine rings is 1. The molecule has 1 aliphatic heterocycles. The molecule has 3 heterocycles. The standard InChI is InChI=1S/C18H17Cl2N3O3S3/c1-10-8-12(19)9-13-16(10)21-18(27-13)22-17(24)11-4-6-23(7-5-11)29(25,26)15-3-2-14(20)28-15/h2-3,8-9,11H,4-7H2,1H3,(H,21,22,24). The summed E-state index contributed by atoms with van der Waals surface area (Å²) in [6.07, 6.45) is 0.917. The highest BCUT2D eigenvalue weighted by atomic mass is 35.5. The molecule has 1 aliphatic rings. The first kappa shape index (κ1) is 21.0. The van der Waals surface area contributed by atoms with Crippen LogP contribution in [0, 0.1) is 12.8 Å². The van der Waals surface area contributed by atoms with Crippen molar-refractivity contribution in [1.29, 1.82) is 0 Å². The molecule has 0 unspecified atom stereocenters. The Labute approximate surface area is 186 Å². The van der Waals surface area contributed by atoms with Gasteiger partial charge in [0, 0.05) is 24.0 Å². The fourth-order valence-electron chi connectivity index (χ4n) is 3.34. The van der Waals surface area contributed by atoms with Crippen LogP contribution in [0.2, 0.25) is 9.36 Å². The summed E-state index contributed by atoms with van der Waals surface area (Å²) in [7, 11) is -3.56. The fourth-order valence-corrected chi connectivity index (χ4v) is 7.77. The number of carbonyl (C=O) groups is 1. The quantitative estimate of drug-likeness (QED) is 0.558. The maximum absolute atomic E-state index is 12.7. The van der Waals surface area contributed by atoms with Gasteiger partial charge in [-0.05, 0) is 49.6 Å². The average Bonchev–Trinajstić information content (AvgIpc) is 3.28. The summed E-state index contributed by atoms with van der Waals surface area (Å²) in [5.74, 6) is -0.394. The van der Waals surface area contributed by atoms with Crippen LogP contribution < -0.4 is 5.32 Å². The van der Waals surface area contributed by atoms with Gasteiger partial charge < -0.3 is 5.32 Å². The Morgan fingerprint density at radius 3 is 2.59 bits per heavy atom. The Kier molecular flexibility index (Phi) is 5.89. The predicted molar refractivity (Wildman–Crippen MR) is 119 cm³/mol. The number of amides is 1. The predicted octanol–water partition coefficient (Wildman–Crippen LogP) is 5.01. The van der Waals surface area contributed by atoms with Gasteiger partial charge in [-0.3, -0.25) is 4.79 Å². The number of anilines is 1. The number of benzene rings is 1. The molecule has 11 heteroatoms. The van der Waals surface area contributed by atoms with E-state index in [0.29, 0.717) is 40.4 Å². The molecule has 0 radical (unpaired) electrons. The number of nitrogens with one attached hydrogen (secondary N) is 1. The van der Waals surface area contributed by atoms with Gasteiger partial charge in [0.25, 0.3) is 10.0 Å². The highest BCUT2D eigenvalue weighted by Crippen LogP contribution is 2.33. The van der Waals surface area contributed by atoms with E-state index in [2.05, 4.69) is 10.3 Å². The lowest BCUT2D eigenvalue weighted by Gasteiger charge is -2.29. The van der Waals surface area contributed by atoms with Crippen molar-refractivity contribution >= 4 is 77.2 Å². The third-order valence-electron chi connectivity index (χ3n) is 4.85. The van der Waals surface area contributed by atoms with E-state index in [-0.39, 0.29) is 16.0 Å². The Morgan fingerprint density at radius 2 is 1.93 bits per heavy atom. The van der Waals surface area contributed by atoms with Gasteiger partial charge in [0.15, 0.2) is 5.13 Å². The molecule has 4 rings (SSSR count). The second-order valence-corrected chi connectivity index (χ2v) is 12.2. The van der Waals surface area contributed by atoms with Crippen LogP contribution in [0.5, 0.6) is 0 Å². The zero-order chi connectivity index (χ0) is 20.8. The van der Waals surface area contributed by atoms with E-state index in [1.807, 2.05) is 19.1 Å². The molecule has 29 heavy (non-hydrogen) atoms. The number of hydrogen-bond acceptors (Lipinski definition) is 6. The van der Waals surface area contributed by atoms with Crippen molar-refractivity contribution in [2.75, 3.05) is 18.4 Å². The molecule has 1 aromatic carbocycles. The van der Waals surface area contributed by atoms with E-state index in [4.69, 9.17) is 23.2 Å². The van der Waals surface area contributed by atoms with Crippen LogP contribution in [0.4, 0.5) is 5.13 Å². The molecule has 1 fully saturated rings. The molecule has 1 saturated heterocycles. The van der Waals surface area contributed by atoms with Gasteiger partial charge in [0.05, 0.1) is 14.6 Å². The molecule has 0 bridgehead atoms. The van der Waals surface area contributed by atoms with Crippen molar-refractivity contribution in [2.45, 2.75) is 24.0 Å². The molecule has 0 aliphatic carbocycles. The van der Waals surface area contributed by atoms with E-state index in [0.717, 1.165) is 27.1 Å². The molecular formula is C18H17Cl2N3O3S3. The minimum Gasteiger partial charge on any atom is -0.302 e. The van der Waals surface area contributed by atoms with Gasteiger partial charge in [-0.1, -0.05) is 34.5 Å². The summed E-state index contributed by atoms with van der Waals surface area (Å²) in [6.45, 7) is 2.52. The van der Waals surface area contributed by atoms with E-state index < -0.39 is 10.0 Å². The fraction of sp³-hybridized carbons (Fsp3) is 0.333. The van der Waals surface area contributed by atoms with Gasteiger partial charge in [0.1, 0.15) is 4.21 Å². The van der Waals surface area contributed by atoms with E-state index in [1.165, 1.54) is 21.7 Å². The second kappa shape index (κ2) is 8.13. The first-order valence-electron chi connectivity index (χ1n) is 8.87. The van der Waals surface area contributed by atoms with Gasteiger partial charge >= 0.3 is 0 Å². The number of fused-ring (bicyclic) bond motifs is 1. The van der Waals surface area contributed by atoms with Gasteiger partial charge in [-0.25, -0.2) is 13.4 Å². The smallest absolute Gasteiger partial charge is 0.252 e. The molecule has 0 spiro atoms. The van der Waals surface area contributed by atoms with Gasteiger partial charge in [-0.15, -0.1) is 11.3 Å². The van der Waals surface area contributed by atoms with E-state index in [9.17, 15) is 13.2 Å². The lowest BCUT2D eigenvalue weighted by molar-refractivity contribution is -0.120. The summed E-state index contributed by atoms with van der Waals surface area (Å²) < 4.78 is 28.4. The Balaban J connectivity index is 1.41. The van der Waals surface area contributed by atoms with E-state index in [1.54, 1.807) is 6.07 Å². The molecule has 1 N–H and O–H groups in total. The molecule has 154 valence electrons. The zero-order valence-electron chi connectivity index (χ0n) is 15.3. The molecule has 2 aromatic heterocycles. The maximum Gasteiger partial charge on any atom is 0.252 e. The number of aryl methyl sites for hydroxylation is 1. The van der Waals surface area contributed by atoms with Crippen molar-refractivity contribution < 1.29 is 13.2 Å². The van der Waals surface area contributed by atoms with Crippen LogP contribution in [0.1, 0.15) is 18.4 Å². The van der Waals surface area contributed by atoms with Gasteiger partial charge in [-0.2, -0.15) is 4.31 Å². The zero-order valence-corrected chi connectivity index (χ0v) is 19.3. The molecule has 6 nitrogen and oxygen atoms in total. The van der Waals surface area contributed by atoms with Crippen molar-refractivity contribution in [1.82, 2.24) is 9.29 Å². The summed E-state index contributed by atoms with van der Waals surface area (Å²) in [6, 6.07) is 6.76. The summed E-state index contributed by atoms with van der Waals surface area (Å²) in [4.78, 5) is 17.2. The van der Waals surface area contributed by atoms with E-state index >= 15 is 0 Å². The largest absolute Gasteiger partial charge is 0.302 e. The number of halogens is 2. The first-order chi connectivity index (χ1) is 13.7. The normalized spacial score (nSPS) is 16.4. The van der Waals surface area contributed by atoms with Crippen LogP contribution in [0.3, 0.4) is 0 Å². The number of aromatic nitrogens is 1. The topological polar surface area (TPSA) is 79.4 Å². The molecule has 3 aromatic rings. The molecular weight excluding hydrogens is 473 g/mol. The highest BCUT2D eigenvalue weighted by Gasteiger charge is 2.33. The first-order valence-corrected chi connectivity index (χ1v) is 12.7. The number of sulfonamides is 1. The third-order valence-corrected chi connectivity index (χ3v) is 9.58. The van der Waals surface area contributed by atoms with Crippen LogP contribution in [-0.4, -0.2) is 36.7 Å². The van der Waals surface area contributed by atoms with Gasteiger partial charge in [0.2, 0.25) is 5.91 Å².